The number of benzene rings is 3. The molecule has 22 heavy (non-hydrogen) atoms. The van der Waals surface area contributed by atoms with Gasteiger partial charge in [-0.3, -0.25) is 0 Å². The number of hydrogen-bond acceptors (Lipinski definition) is 0. The highest BCUT2D eigenvalue weighted by atomic mass is 79.9. The highest BCUT2D eigenvalue weighted by molar-refractivity contribution is 9.09. The van der Waals surface area contributed by atoms with Crippen molar-refractivity contribution in [2.24, 2.45) is 0 Å². The Hall–Kier alpha value is -1.28. The van der Waals surface area contributed by atoms with Gasteiger partial charge in [-0.25, -0.2) is 0 Å². The van der Waals surface area contributed by atoms with E-state index in [1.807, 2.05) is 30.3 Å². The van der Waals surface area contributed by atoms with Crippen LogP contribution in [0.4, 0.5) is 0 Å². The summed E-state index contributed by atoms with van der Waals surface area (Å²) in [5, 5.41) is 1.31. The summed E-state index contributed by atoms with van der Waals surface area (Å²) in [6.07, 6.45) is 0. The maximum atomic E-state index is 6.27. The summed E-state index contributed by atoms with van der Waals surface area (Å²) in [7, 11) is 0. The largest absolute Gasteiger partial charge is 0.0843 e. The van der Waals surface area contributed by atoms with Crippen molar-refractivity contribution in [2.75, 3.05) is 0 Å². The molecule has 0 amide bonds. The molecule has 0 nitrogen and oxygen atoms in total. The van der Waals surface area contributed by atoms with E-state index >= 15 is 0 Å². The molecule has 1 atom stereocenters. The van der Waals surface area contributed by atoms with Crippen LogP contribution in [-0.2, 0) is 0 Å². The summed E-state index contributed by atoms with van der Waals surface area (Å²) < 4.78 is 0. The first kappa shape index (κ1) is 15.6. The van der Waals surface area contributed by atoms with Crippen molar-refractivity contribution in [3.63, 3.8) is 0 Å². The first-order valence-electron chi connectivity index (χ1n) is 6.89. The molecule has 3 heteroatoms. The Morgan fingerprint density at radius 2 is 1.36 bits per heavy atom. The fraction of sp³-hybridized carbons (Fsp3) is 0.0526. The molecule has 0 spiro atoms. The lowest BCUT2D eigenvalue weighted by molar-refractivity contribution is 1.18. The third kappa shape index (κ3) is 3.38. The minimum Gasteiger partial charge on any atom is -0.0843 e. The molecule has 3 aromatic rings. The second-order valence-corrected chi connectivity index (χ2v) is 6.78. The van der Waals surface area contributed by atoms with Gasteiger partial charge in [-0.2, -0.15) is 0 Å². The van der Waals surface area contributed by atoms with Crippen molar-refractivity contribution < 1.29 is 0 Å². The molecule has 1 unspecified atom stereocenters. The smallest absolute Gasteiger partial charge is 0.0644 e. The second kappa shape index (κ2) is 6.87. The minimum absolute atomic E-state index is 0.184. The van der Waals surface area contributed by atoms with Crippen molar-refractivity contribution in [1.82, 2.24) is 0 Å². The van der Waals surface area contributed by atoms with E-state index in [2.05, 4.69) is 52.3 Å². The van der Waals surface area contributed by atoms with E-state index in [1.54, 1.807) is 6.07 Å². The predicted octanol–water partition coefficient (Wildman–Crippen LogP) is 7.14. The quantitative estimate of drug-likeness (QED) is 0.416. The Morgan fingerprint density at radius 3 is 2.00 bits per heavy atom. The highest BCUT2D eigenvalue weighted by Gasteiger charge is 2.10. The molecule has 0 aliphatic rings. The number of hydrogen-bond donors (Lipinski definition) is 0. The van der Waals surface area contributed by atoms with Gasteiger partial charge in [0.15, 0.2) is 0 Å². The maximum absolute atomic E-state index is 6.27. The van der Waals surface area contributed by atoms with Crippen LogP contribution >= 0.6 is 39.1 Å². The minimum atomic E-state index is 0.184. The van der Waals surface area contributed by atoms with Gasteiger partial charge in [-0.15, -0.1) is 0 Å². The zero-order valence-electron chi connectivity index (χ0n) is 11.6. The van der Waals surface area contributed by atoms with E-state index in [0.29, 0.717) is 10.0 Å². The van der Waals surface area contributed by atoms with Gasteiger partial charge in [0.2, 0.25) is 0 Å². The van der Waals surface area contributed by atoms with Crippen LogP contribution in [0.1, 0.15) is 16.0 Å². The Kier molecular flexibility index (Phi) is 4.87. The molecular formula is C19H13BrCl2. The first-order valence-corrected chi connectivity index (χ1v) is 8.57. The summed E-state index contributed by atoms with van der Waals surface area (Å²) in [4.78, 5) is 0.184. The Balaban J connectivity index is 1.90. The van der Waals surface area contributed by atoms with E-state index in [1.165, 1.54) is 11.1 Å². The fourth-order valence-corrected chi connectivity index (χ4v) is 3.50. The van der Waals surface area contributed by atoms with Crippen LogP contribution in [0.25, 0.3) is 11.1 Å². The standard InChI is InChI=1S/C19H13BrCl2/c20-19(14-4-2-1-3-5-14)15-8-6-13(7-9-15)17-11-10-16(21)12-18(17)22/h1-12,19H. The molecule has 0 N–H and O–H groups in total. The van der Waals surface area contributed by atoms with E-state index in [9.17, 15) is 0 Å². The lowest BCUT2D eigenvalue weighted by atomic mass is 10.0. The van der Waals surface area contributed by atoms with Crippen LogP contribution in [0.5, 0.6) is 0 Å². The number of alkyl halides is 1. The van der Waals surface area contributed by atoms with Gasteiger partial charge in [0.1, 0.15) is 0 Å². The van der Waals surface area contributed by atoms with Gasteiger partial charge in [0.05, 0.1) is 4.83 Å². The normalized spacial score (nSPS) is 12.1. The lowest BCUT2D eigenvalue weighted by Gasteiger charge is -2.12. The average Bonchev–Trinajstić information content (AvgIpc) is 2.55. The van der Waals surface area contributed by atoms with E-state index < -0.39 is 0 Å². The van der Waals surface area contributed by atoms with Crippen molar-refractivity contribution >= 4 is 39.1 Å². The van der Waals surface area contributed by atoms with Crippen LogP contribution in [0, 0.1) is 0 Å². The Labute approximate surface area is 148 Å². The van der Waals surface area contributed by atoms with Gasteiger partial charge in [0, 0.05) is 15.6 Å². The van der Waals surface area contributed by atoms with Crippen LogP contribution in [0.15, 0.2) is 72.8 Å². The summed E-state index contributed by atoms with van der Waals surface area (Å²) in [6, 6.07) is 24.3. The molecule has 0 aromatic heterocycles. The molecule has 0 heterocycles. The summed E-state index contributed by atoms with van der Waals surface area (Å²) in [5.74, 6) is 0. The Morgan fingerprint density at radius 1 is 0.727 bits per heavy atom. The SMILES string of the molecule is Clc1ccc(-c2ccc(C(Br)c3ccccc3)cc2)c(Cl)c1. The Bertz CT molecular complexity index is 767. The average molecular weight is 392 g/mol. The molecule has 0 saturated carbocycles. The molecule has 110 valence electrons. The van der Waals surface area contributed by atoms with Crippen LogP contribution < -0.4 is 0 Å². The van der Waals surface area contributed by atoms with Crippen LogP contribution in [0.2, 0.25) is 10.0 Å². The van der Waals surface area contributed by atoms with Crippen LogP contribution in [0.3, 0.4) is 0 Å². The van der Waals surface area contributed by atoms with Gasteiger partial charge in [-0.05, 0) is 28.8 Å². The monoisotopic (exact) mass is 390 g/mol. The van der Waals surface area contributed by atoms with E-state index in [0.717, 1.165) is 11.1 Å². The number of rotatable bonds is 3. The van der Waals surface area contributed by atoms with Crippen molar-refractivity contribution in [3.8, 4) is 11.1 Å². The lowest BCUT2D eigenvalue weighted by Crippen LogP contribution is -1.92. The topological polar surface area (TPSA) is 0 Å². The molecule has 0 radical (unpaired) electrons. The van der Waals surface area contributed by atoms with Crippen molar-refractivity contribution in [3.05, 3.63) is 94.0 Å². The molecule has 3 aromatic carbocycles. The molecule has 0 aliphatic heterocycles. The molecule has 0 saturated heterocycles. The van der Waals surface area contributed by atoms with E-state index in [4.69, 9.17) is 23.2 Å². The van der Waals surface area contributed by atoms with Gasteiger partial charge < -0.3 is 0 Å². The summed E-state index contributed by atoms with van der Waals surface area (Å²) >= 11 is 16.0. The third-order valence-corrected chi connectivity index (χ3v) is 5.14. The van der Waals surface area contributed by atoms with Crippen molar-refractivity contribution in [2.45, 2.75) is 4.83 Å². The maximum Gasteiger partial charge on any atom is 0.0644 e. The predicted molar refractivity (Wildman–Crippen MR) is 99.1 cm³/mol. The number of halogens is 3. The molecule has 0 bridgehead atoms. The summed E-state index contributed by atoms with van der Waals surface area (Å²) in [6.45, 7) is 0. The molecule has 3 rings (SSSR count). The summed E-state index contributed by atoms with van der Waals surface area (Å²) in [5.41, 5.74) is 4.52. The third-order valence-electron chi connectivity index (χ3n) is 3.54. The zero-order chi connectivity index (χ0) is 15.5. The molecule has 0 fully saturated rings. The molecule has 0 aliphatic carbocycles. The first-order chi connectivity index (χ1) is 10.6. The highest BCUT2D eigenvalue weighted by Crippen LogP contribution is 2.34. The fourth-order valence-electron chi connectivity index (χ4n) is 2.37. The molecular weight excluding hydrogens is 379 g/mol. The zero-order valence-corrected chi connectivity index (χ0v) is 14.7. The van der Waals surface area contributed by atoms with Gasteiger partial charge in [-0.1, -0.05) is 99.8 Å². The van der Waals surface area contributed by atoms with Gasteiger partial charge in [0.25, 0.3) is 0 Å². The van der Waals surface area contributed by atoms with Crippen LogP contribution in [-0.4, -0.2) is 0 Å². The second-order valence-electron chi connectivity index (χ2n) is 5.02. The van der Waals surface area contributed by atoms with Gasteiger partial charge >= 0.3 is 0 Å². The van der Waals surface area contributed by atoms with E-state index in [-0.39, 0.29) is 4.83 Å². The van der Waals surface area contributed by atoms with Crippen molar-refractivity contribution in [1.29, 1.82) is 0 Å².